The van der Waals surface area contributed by atoms with E-state index in [0.29, 0.717) is 17.1 Å². The van der Waals surface area contributed by atoms with E-state index in [4.69, 9.17) is 11.6 Å². The second-order valence-corrected chi connectivity index (χ2v) is 6.22. The van der Waals surface area contributed by atoms with Crippen LogP contribution in [-0.2, 0) is 6.54 Å². The van der Waals surface area contributed by atoms with Crippen molar-refractivity contribution in [2.75, 3.05) is 5.32 Å². The predicted molar refractivity (Wildman–Crippen MR) is 100 cm³/mol. The number of halogens is 1. The lowest BCUT2D eigenvalue weighted by molar-refractivity contribution is 0.102. The van der Waals surface area contributed by atoms with Crippen LogP contribution in [0.4, 0.5) is 5.69 Å². The van der Waals surface area contributed by atoms with Crippen LogP contribution >= 0.6 is 11.6 Å². The van der Waals surface area contributed by atoms with Crippen LogP contribution in [0.15, 0.2) is 71.7 Å². The Balaban J connectivity index is 1.83. The van der Waals surface area contributed by atoms with Gasteiger partial charge in [-0.2, -0.15) is 0 Å². The summed E-state index contributed by atoms with van der Waals surface area (Å²) in [5.41, 5.74) is 2.93. The van der Waals surface area contributed by atoms with E-state index in [1.807, 2.05) is 43.3 Å². The van der Waals surface area contributed by atoms with Crippen molar-refractivity contribution >= 4 is 23.2 Å². The maximum Gasteiger partial charge on any atom is 0.257 e. The topological polar surface area (TPSA) is 51.1 Å². The van der Waals surface area contributed by atoms with Gasteiger partial charge in [0.15, 0.2) is 0 Å². The van der Waals surface area contributed by atoms with Crippen molar-refractivity contribution in [3.05, 3.63) is 98.9 Å². The van der Waals surface area contributed by atoms with Crippen molar-refractivity contribution in [3.63, 3.8) is 0 Å². The number of carbonyl (C=O) groups excluding carboxylic acids is 1. The SMILES string of the molecule is Cc1ccccc1NC(=O)c1ccc(=O)n(Cc2ccc(Cl)cc2)c1. The van der Waals surface area contributed by atoms with Crippen LogP contribution in [0.2, 0.25) is 5.02 Å². The van der Waals surface area contributed by atoms with Gasteiger partial charge in [0.25, 0.3) is 11.5 Å². The van der Waals surface area contributed by atoms with Gasteiger partial charge in [-0.25, -0.2) is 0 Å². The fourth-order valence-electron chi connectivity index (χ4n) is 2.48. The van der Waals surface area contributed by atoms with Crippen molar-refractivity contribution in [1.82, 2.24) is 4.57 Å². The third kappa shape index (κ3) is 4.17. The molecule has 0 aliphatic carbocycles. The zero-order valence-electron chi connectivity index (χ0n) is 13.7. The van der Waals surface area contributed by atoms with Crippen molar-refractivity contribution in [3.8, 4) is 0 Å². The van der Waals surface area contributed by atoms with Gasteiger partial charge in [0.1, 0.15) is 0 Å². The van der Waals surface area contributed by atoms with Gasteiger partial charge in [-0.15, -0.1) is 0 Å². The minimum absolute atomic E-state index is 0.164. The Hall–Kier alpha value is -2.85. The number of nitrogens with one attached hydrogen (secondary N) is 1. The van der Waals surface area contributed by atoms with E-state index in [1.54, 1.807) is 18.3 Å². The van der Waals surface area contributed by atoms with Gasteiger partial charge in [-0.3, -0.25) is 9.59 Å². The normalized spacial score (nSPS) is 10.5. The molecule has 25 heavy (non-hydrogen) atoms. The van der Waals surface area contributed by atoms with Gasteiger partial charge in [-0.1, -0.05) is 41.9 Å². The minimum Gasteiger partial charge on any atom is -0.322 e. The molecule has 3 aromatic rings. The average Bonchev–Trinajstić information content (AvgIpc) is 2.60. The number of pyridine rings is 1. The number of hydrogen-bond acceptors (Lipinski definition) is 2. The molecule has 0 bridgehead atoms. The zero-order chi connectivity index (χ0) is 17.8. The van der Waals surface area contributed by atoms with Crippen molar-refractivity contribution < 1.29 is 4.79 Å². The van der Waals surface area contributed by atoms with Crippen molar-refractivity contribution in [2.24, 2.45) is 0 Å². The monoisotopic (exact) mass is 352 g/mol. The molecule has 126 valence electrons. The maximum absolute atomic E-state index is 12.5. The van der Waals surface area contributed by atoms with Crippen LogP contribution in [0.5, 0.6) is 0 Å². The van der Waals surface area contributed by atoms with Crippen LogP contribution in [0.3, 0.4) is 0 Å². The van der Waals surface area contributed by atoms with Crippen molar-refractivity contribution in [2.45, 2.75) is 13.5 Å². The van der Waals surface area contributed by atoms with E-state index in [1.165, 1.54) is 16.7 Å². The Morgan fingerprint density at radius 2 is 1.76 bits per heavy atom. The summed E-state index contributed by atoms with van der Waals surface area (Å²) in [5, 5.41) is 3.51. The van der Waals surface area contributed by atoms with Gasteiger partial charge in [-0.05, 0) is 42.3 Å². The standard InChI is InChI=1S/C20H17ClN2O2/c1-14-4-2-3-5-18(14)22-20(25)16-8-11-19(24)23(13-16)12-15-6-9-17(21)10-7-15/h2-11,13H,12H2,1H3,(H,22,25). The van der Waals surface area contributed by atoms with Gasteiger partial charge in [0.05, 0.1) is 12.1 Å². The summed E-state index contributed by atoms with van der Waals surface area (Å²) in [5.74, 6) is -0.251. The third-order valence-electron chi connectivity index (χ3n) is 3.91. The first-order chi connectivity index (χ1) is 12.0. The number of hydrogen-bond donors (Lipinski definition) is 1. The summed E-state index contributed by atoms with van der Waals surface area (Å²) in [7, 11) is 0. The molecule has 0 aliphatic heterocycles. The molecule has 0 radical (unpaired) electrons. The lowest BCUT2D eigenvalue weighted by Crippen LogP contribution is -2.22. The van der Waals surface area contributed by atoms with Gasteiger partial charge >= 0.3 is 0 Å². The molecule has 1 amide bonds. The summed E-state index contributed by atoms with van der Waals surface area (Å²) in [6, 6.07) is 17.8. The minimum atomic E-state index is -0.251. The fourth-order valence-corrected chi connectivity index (χ4v) is 2.61. The number of aromatic nitrogens is 1. The molecular formula is C20H17ClN2O2. The third-order valence-corrected chi connectivity index (χ3v) is 4.16. The molecule has 3 rings (SSSR count). The fraction of sp³-hybridized carbons (Fsp3) is 0.100. The Kier molecular flexibility index (Phi) is 5.00. The second-order valence-electron chi connectivity index (χ2n) is 5.78. The number of amides is 1. The number of aryl methyl sites for hydroxylation is 1. The molecule has 1 aromatic heterocycles. The smallest absolute Gasteiger partial charge is 0.257 e. The van der Waals surface area contributed by atoms with E-state index in [2.05, 4.69) is 5.32 Å². The zero-order valence-corrected chi connectivity index (χ0v) is 14.5. The van der Waals surface area contributed by atoms with E-state index >= 15 is 0 Å². The van der Waals surface area contributed by atoms with E-state index < -0.39 is 0 Å². The van der Waals surface area contributed by atoms with E-state index in [0.717, 1.165) is 16.8 Å². The average molecular weight is 353 g/mol. The summed E-state index contributed by atoms with van der Waals surface area (Å²) < 4.78 is 1.51. The molecular weight excluding hydrogens is 336 g/mol. The number of rotatable bonds is 4. The molecule has 0 atom stereocenters. The first-order valence-corrected chi connectivity index (χ1v) is 8.22. The number of nitrogens with zero attached hydrogens (tertiary/aromatic N) is 1. The second kappa shape index (κ2) is 7.36. The molecule has 1 heterocycles. The quantitative estimate of drug-likeness (QED) is 0.768. The Morgan fingerprint density at radius 3 is 2.48 bits per heavy atom. The summed E-state index contributed by atoms with van der Waals surface area (Å²) in [6.45, 7) is 2.30. The molecule has 0 saturated carbocycles. The highest BCUT2D eigenvalue weighted by molar-refractivity contribution is 6.30. The van der Waals surface area contributed by atoms with Crippen LogP contribution in [0, 0.1) is 6.92 Å². The summed E-state index contributed by atoms with van der Waals surface area (Å²) in [4.78, 5) is 24.6. The molecule has 0 saturated heterocycles. The molecule has 1 N–H and O–H groups in total. The highest BCUT2D eigenvalue weighted by Crippen LogP contribution is 2.15. The molecule has 0 spiro atoms. The number of anilines is 1. The van der Waals surface area contributed by atoms with Crippen molar-refractivity contribution in [1.29, 1.82) is 0 Å². The molecule has 2 aromatic carbocycles. The van der Waals surface area contributed by atoms with Crippen LogP contribution in [-0.4, -0.2) is 10.5 Å². The highest BCUT2D eigenvalue weighted by atomic mass is 35.5. The van der Waals surface area contributed by atoms with Gasteiger partial charge in [0.2, 0.25) is 0 Å². The number of carbonyl (C=O) groups is 1. The predicted octanol–water partition coefficient (Wildman–Crippen LogP) is 4.11. The highest BCUT2D eigenvalue weighted by Gasteiger charge is 2.09. The molecule has 0 aliphatic rings. The lowest BCUT2D eigenvalue weighted by Gasteiger charge is -2.10. The van der Waals surface area contributed by atoms with E-state index in [9.17, 15) is 9.59 Å². The van der Waals surface area contributed by atoms with Crippen LogP contribution in [0.25, 0.3) is 0 Å². The first kappa shape index (κ1) is 17.0. The Bertz CT molecular complexity index is 962. The van der Waals surface area contributed by atoms with Crippen LogP contribution in [0.1, 0.15) is 21.5 Å². The first-order valence-electron chi connectivity index (χ1n) is 7.85. The van der Waals surface area contributed by atoms with Gasteiger partial charge < -0.3 is 9.88 Å². The summed E-state index contributed by atoms with van der Waals surface area (Å²) in [6.07, 6.45) is 1.57. The molecule has 4 nitrogen and oxygen atoms in total. The Morgan fingerprint density at radius 1 is 1.04 bits per heavy atom. The molecule has 5 heteroatoms. The summed E-state index contributed by atoms with van der Waals surface area (Å²) >= 11 is 5.88. The largest absolute Gasteiger partial charge is 0.322 e. The molecule has 0 unspecified atom stereocenters. The van der Waals surface area contributed by atoms with Crippen LogP contribution < -0.4 is 10.9 Å². The Labute approximate surface area is 150 Å². The number of benzene rings is 2. The number of para-hydroxylation sites is 1. The lowest BCUT2D eigenvalue weighted by atomic mass is 10.2. The maximum atomic E-state index is 12.5. The van der Waals surface area contributed by atoms with E-state index in [-0.39, 0.29) is 11.5 Å². The molecule has 0 fully saturated rings. The van der Waals surface area contributed by atoms with Gasteiger partial charge in [0, 0.05) is 23.0 Å².